The molecule has 0 spiro atoms. The number of carbonyl (C=O) groups is 1. The molecule has 0 amide bonds. The van der Waals surface area contributed by atoms with Gasteiger partial charge in [0.05, 0.1) is 18.5 Å². The number of carbonyl (C=O) groups excluding carboxylic acids is 1. The van der Waals surface area contributed by atoms with Crippen LogP contribution in [0.3, 0.4) is 0 Å². The Morgan fingerprint density at radius 2 is 1.91 bits per heavy atom. The zero-order chi connectivity index (χ0) is 16.3. The minimum Gasteiger partial charge on any atom is -0.494 e. The van der Waals surface area contributed by atoms with E-state index in [1.807, 2.05) is 31.2 Å². The number of nitrogen functional groups attached to an aromatic ring is 1. The molecule has 118 valence electrons. The average molecular weight is 303 g/mol. The van der Waals surface area contributed by atoms with Crippen LogP contribution < -0.4 is 10.5 Å². The summed E-state index contributed by atoms with van der Waals surface area (Å²) >= 11 is 0. The molecule has 2 rings (SSSR count). The largest absolute Gasteiger partial charge is 0.494 e. The van der Waals surface area contributed by atoms with Crippen molar-refractivity contribution in [3.63, 3.8) is 0 Å². The van der Waals surface area contributed by atoms with E-state index < -0.39 is 11.6 Å². The molecule has 1 aromatic heterocycles. The maximum absolute atomic E-state index is 12.1. The highest BCUT2D eigenvalue weighted by atomic mass is 16.6. The van der Waals surface area contributed by atoms with Crippen LogP contribution >= 0.6 is 0 Å². The van der Waals surface area contributed by atoms with Gasteiger partial charge in [0, 0.05) is 0 Å². The molecule has 0 aliphatic rings. The molecule has 0 aliphatic carbocycles. The van der Waals surface area contributed by atoms with Crippen LogP contribution in [0.15, 0.2) is 30.5 Å². The fraction of sp³-hybridized carbons (Fsp3) is 0.375. The summed E-state index contributed by atoms with van der Waals surface area (Å²) in [6.07, 6.45) is 1.42. The van der Waals surface area contributed by atoms with Crippen LogP contribution in [0.5, 0.6) is 5.75 Å². The Morgan fingerprint density at radius 1 is 1.27 bits per heavy atom. The number of benzene rings is 1. The zero-order valence-electron chi connectivity index (χ0n) is 13.3. The number of rotatable bonds is 4. The highest BCUT2D eigenvalue weighted by Crippen LogP contribution is 2.22. The molecule has 0 fully saturated rings. The van der Waals surface area contributed by atoms with Gasteiger partial charge in [-0.15, -0.1) is 0 Å². The quantitative estimate of drug-likeness (QED) is 0.879. The van der Waals surface area contributed by atoms with Crippen molar-refractivity contribution in [2.75, 3.05) is 12.3 Å². The van der Waals surface area contributed by atoms with E-state index in [4.69, 9.17) is 15.2 Å². The number of nitrogens with zero attached hydrogens (tertiary/aromatic N) is 2. The van der Waals surface area contributed by atoms with Crippen LogP contribution in [0, 0.1) is 0 Å². The van der Waals surface area contributed by atoms with Gasteiger partial charge in [0.2, 0.25) is 0 Å². The molecular formula is C16H21N3O3. The first-order valence-corrected chi connectivity index (χ1v) is 7.12. The molecule has 1 heterocycles. The van der Waals surface area contributed by atoms with Crippen LogP contribution in [0.4, 0.5) is 5.82 Å². The first-order valence-electron chi connectivity index (χ1n) is 7.12. The monoisotopic (exact) mass is 303 g/mol. The number of ether oxygens (including phenoxy) is 2. The van der Waals surface area contributed by atoms with Gasteiger partial charge in [0.1, 0.15) is 22.7 Å². The van der Waals surface area contributed by atoms with Gasteiger partial charge in [-0.25, -0.2) is 9.48 Å². The van der Waals surface area contributed by atoms with Gasteiger partial charge in [-0.05, 0) is 52.0 Å². The lowest BCUT2D eigenvalue weighted by atomic mass is 10.2. The van der Waals surface area contributed by atoms with Crippen molar-refractivity contribution >= 4 is 11.8 Å². The third-order valence-electron chi connectivity index (χ3n) is 2.82. The Bertz CT molecular complexity index is 654. The summed E-state index contributed by atoms with van der Waals surface area (Å²) in [6.45, 7) is 7.94. The third kappa shape index (κ3) is 3.58. The minimum absolute atomic E-state index is 0.249. The lowest BCUT2D eigenvalue weighted by Crippen LogP contribution is -2.24. The van der Waals surface area contributed by atoms with Crippen molar-refractivity contribution < 1.29 is 14.3 Å². The second-order valence-electron chi connectivity index (χ2n) is 5.78. The molecule has 1 aromatic carbocycles. The summed E-state index contributed by atoms with van der Waals surface area (Å²) in [5, 5.41) is 4.16. The van der Waals surface area contributed by atoms with Gasteiger partial charge in [-0.1, -0.05) is 0 Å². The molecule has 6 heteroatoms. The predicted molar refractivity (Wildman–Crippen MR) is 84.3 cm³/mol. The van der Waals surface area contributed by atoms with Crippen LogP contribution in [0.25, 0.3) is 5.69 Å². The van der Waals surface area contributed by atoms with Gasteiger partial charge in [-0.2, -0.15) is 5.10 Å². The van der Waals surface area contributed by atoms with E-state index in [2.05, 4.69) is 5.10 Å². The average Bonchev–Trinajstić information content (AvgIpc) is 2.80. The van der Waals surface area contributed by atoms with E-state index in [0.29, 0.717) is 6.61 Å². The number of anilines is 1. The topological polar surface area (TPSA) is 79.4 Å². The maximum Gasteiger partial charge on any atom is 0.344 e. The van der Waals surface area contributed by atoms with Crippen LogP contribution in [-0.2, 0) is 4.74 Å². The van der Waals surface area contributed by atoms with Gasteiger partial charge in [0.15, 0.2) is 0 Å². The fourth-order valence-corrected chi connectivity index (χ4v) is 1.90. The van der Waals surface area contributed by atoms with E-state index in [1.54, 1.807) is 20.8 Å². The third-order valence-corrected chi connectivity index (χ3v) is 2.82. The predicted octanol–water partition coefficient (Wildman–Crippen LogP) is 2.81. The summed E-state index contributed by atoms with van der Waals surface area (Å²) in [4.78, 5) is 12.1. The summed E-state index contributed by atoms with van der Waals surface area (Å²) in [5.74, 6) is 0.532. The standard InChI is InChI=1S/C16H21N3O3/c1-5-21-12-8-6-11(7-9-12)19-14(17)13(10-18-19)15(20)22-16(2,3)4/h6-10H,5,17H2,1-4H3. The summed E-state index contributed by atoms with van der Waals surface area (Å²) in [5.41, 5.74) is 6.44. The lowest BCUT2D eigenvalue weighted by molar-refractivity contribution is 0.00708. The Kier molecular flexibility index (Phi) is 4.40. The normalized spacial score (nSPS) is 11.3. The van der Waals surface area contributed by atoms with E-state index >= 15 is 0 Å². The number of esters is 1. The lowest BCUT2D eigenvalue weighted by Gasteiger charge is -2.19. The molecule has 22 heavy (non-hydrogen) atoms. The summed E-state index contributed by atoms with van der Waals surface area (Å²) in [6, 6.07) is 7.31. The smallest absolute Gasteiger partial charge is 0.344 e. The molecule has 0 saturated heterocycles. The second kappa shape index (κ2) is 6.09. The Morgan fingerprint density at radius 3 is 2.45 bits per heavy atom. The van der Waals surface area contributed by atoms with E-state index in [1.165, 1.54) is 10.9 Å². The van der Waals surface area contributed by atoms with Gasteiger partial charge >= 0.3 is 5.97 Å². The van der Waals surface area contributed by atoms with Crippen molar-refractivity contribution in [3.05, 3.63) is 36.0 Å². The number of hydrogen-bond donors (Lipinski definition) is 1. The van der Waals surface area contributed by atoms with Crippen molar-refractivity contribution in [1.29, 1.82) is 0 Å². The molecule has 0 bridgehead atoms. The highest BCUT2D eigenvalue weighted by Gasteiger charge is 2.22. The maximum atomic E-state index is 12.1. The molecule has 0 aliphatic heterocycles. The highest BCUT2D eigenvalue weighted by molar-refractivity contribution is 5.94. The SMILES string of the molecule is CCOc1ccc(-n2ncc(C(=O)OC(C)(C)C)c2N)cc1. The van der Waals surface area contributed by atoms with Crippen LogP contribution in [0.1, 0.15) is 38.1 Å². The van der Waals surface area contributed by atoms with E-state index in [-0.39, 0.29) is 11.4 Å². The molecule has 2 aromatic rings. The number of aromatic nitrogens is 2. The molecule has 6 nitrogen and oxygen atoms in total. The van der Waals surface area contributed by atoms with Crippen molar-refractivity contribution in [1.82, 2.24) is 9.78 Å². The van der Waals surface area contributed by atoms with Crippen molar-refractivity contribution in [3.8, 4) is 11.4 Å². The molecule has 0 atom stereocenters. The number of nitrogens with two attached hydrogens (primary N) is 1. The molecule has 0 unspecified atom stereocenters. The first-order chi connectivity index (χ1) is 10.3. The molecule has 0 saturated carbocycles. The molecular weight excluding hydrogens is 282 g/mol. The van der Waals surface area contributed by atoms with Crippen molar-refractivity contribution in [2.45, 2.75) is 33.3 Å². The second-order valence-corrected chi connectivity index (χ2v) is 5.78. The van der Waals surface area contributed by atoms with Crippen LogP contribution in [0.2, 0.25) is 0 Å². The van der Waals surface area contributed by atoms with E-state index in [9.17, 15) is 4.79 Å². The Hall–Kier alpha value is -2.50. The summed E-state index contributed by atoms with van der Waals surface area (Å²) in [7, 11) is 0. The number of hydrogen-bond acceptors (Lipinski definition) is 5. The van der Waals surface area contributed by atoms with E-state index in [0.717, 1.165) is 11.4 Å². The fourth-order valence-electron chi connectivity index (χ4n) is 1.90. The Labute approximate surface area is 129 Å². The van der Waals surface area contributed by atoms with Crippen molar-refractivity contribution in [2.24, 2.45) is 0 Å². The van der Waals surface area contributed by atoms with Crippen LogP contribution in [-0.4, -0.2) is 28.0 Å². The Balaban J connectivity index is 2.25. The zero-order valence-corrected chi connectivity index (χ0v) is 13.3. The van der Waals surface area contributed by atoms with Gasteiger partial charge in [-0.3, -0.25) is 0 Å². The summed E-state index contributed by atoms with van der Waals surface area (Å²) < 4.78 is 12.2. The van der Waals surface area contributed by atoms with Gasteiger partial charge in [0.25, 0.3) is 0 Å². The molecule has 0 radical (unpaired) electrons. The first kappa shape index (κ1) is 15.9. The molecule has 2 N–H and O–H groups in total. The van der Waals surface area contributed by atoms with Gasteiger partial charge < -0.3 is 15.2 Å². The minimum atomic E-state index is -0.579.